The van der Waals surface area contributed by atoms with E-state index >= 15 is 0 Å². The maximum Gasteiger partial charge on any atom is 0.410 e. The normalized spacial score (nSPS) is 18.4. The molecule has 12 heteroatoms. The van der Waals surface area contributed by atoms with Crippen molar-refractivity contribution in [3.63, 3.8) is 0 Å². The Hall–Kier alpha value is -1.85. The van der Waals surface area contributed by atoms with E-state index in [0.29, 0.717) is 31.2 Å². The number of hydrogen-bond donors (Lipinski definition) is 1. The second-order valence-electron chi connectivity index (χ2n) is 11.4. The molecule has 1 aliphatic carbocycles. The summed E-state index contributed by atoms with van der Waals surface area (Å²) in [5, 5.41) is 11.5. The van der Waals surface area contributed by atoms with Gasteiger partial charge in [-0.2, -0.15) is 0 Å². The van der Waals surface area contributed by atoms with Crippen LogP contribution in [-0.2, 0) is 9.53 Å². The van der Waals surface area contributed by atoms with Crippen molar-refractivity contribution in [2.75, 3.05) is 39.5 Å². The number of piperidine rings is 1. The summed E-state index contributed by atoms with van der Waals surface area (Å²) in [5.41, 5.74) is -0.570. The zero-order valence-corrected chi connectivity index (χ0v) is 25.0. The Kier molecular flexibility index (Phi) is 12.8. The van der Waals surface area contributed by atoms with Crippen molar-refractivity contribution in [1.82, 2.24) is 25.3 Å². The zero-order valence-electron chi connectivity index (χ0n) is 23.4. The molecule has 38 heavy (non-hydrogen) atoms. The average molecular weight is 574 g/mol. The van der Waals surface area contributed by atoms with Crippen LogP contribution >= 0.6 is 24.2 Å². The second-order valence-corrected chi connectivity index (χ2v) is 12.4. The number of halogens is 1. The Morgan fingerprint density at radius 2 is 1.71 bits per heavy atom. The third-order valence-electron chi connectivity index (χ3n) is 6.85. The first-order valence-corrected chi connectivity index (χ1v) is 14.5. The molecule has 3 rings (SSSR count). The lowest BCUT2D eigenvalue weighted by Crippen LogP contribution is -2.52. The molecule has 0 radical (unpaired) electrons. The van der Waals surface area contributed by atoms with Crippen LogP contribution in [0.4, 0.5) is 4.79 Å². The van der Waals surface area contributed by atoms with E-state index in [1.54, 1.807) is 4.90 Å². The van der Waals surface area contributed by atoms with Gasteiger partial charge in [-0.15, -0.1) is 22.6 Å². The summed E-state index contributed by atoms with van der Waals surface area (Å²) in [6.07, 6.45) is 6.82. The van der Waals surface area contributed by atoms with Crippen LogP contribution in [0.1, 0.15) is 82.8 Å². The van der Waals surface area contributed by atoms with Gasteiger partial charge >= 0.3 is 6.09 Å². The van der Waals surface area contributed by atoms with Crippen LogP contribution in [0.5, 0.6) is 0 Å². The average Bonchev–Trinajstić information content (AvgIpc) is 3.13. The number of ether oxygens (including phenoxy) is 1. The highest BCUT2D eigenvalue weighted by molar-refractivity contribution is 7.99. The number of carbonyl (C=O) groups is 3. The number of thioether (sulfide) groups is 1. The smallest absolute Gasteiger partial charge is 0.410 e. The molecule has 1 saturated heterocycles. The molecular weight excluding hydrogens is 530 g/mol. The van der Waals surface area contributed by atoms with Gasteiger partial charge in [0.1, 0.15) is 11.6 Å². The van der Waals surface area contributed by atoms with Crippen LogP contribution < -0.4 is 5.32 Å². The molecule has 0 aromatic carbocycles. The summed E-state index contributed by atoms with van der Waals surface area (Å²) < 4.78 is 11.2. The lowest BCUT2D eigenvalue weighted by molar-refractivity contribution is -0.126. The minimum atomic E-state index is -0.767. The third-order valence-corrected chi connectivity index (χ3v) is 7.65. The molecule has 1 aromatic rings. The first-order valence-electron chi connectivity index (χ1n) is 13.5. The zero-order chi connectivity index (χ0) is 27.0. The number of hydrogen-bond acceptors (Lipinski definition) is 9. The lowest BCUT2D eigenvalue weighted by Gasteiger charge is -2.36. The van der Waals surface area contributed by atoms with Crippen molar-refractivity contribution < 1.29 is 23.5 Å². The van der Waals surface area contributed by atoms with Crippen molar-refractivity contribution in [2.24, 2.45) is 11.8 Å². The first-order chi connectivity index (χ1) is 17.5. The standard InChI is InChI=1S/C26H43N5O5S.ClH/c1-26(2,3)36-25(34)31-14-12-18(13-15-31)20(27-22(33)19-10-8-6-7-9-11-19)21(32)23-28-29-24(35-23)37-17-16-30(4)5;/h18-20H,6-17H2,1-5H3,(H,27,33);1H. The van der Waals surface area contributed by atoms with Gasteiger partial charge in [0.15, 0.2) is 0 Å². The fourth-order valence-electron chi connectivity index (χ4n) is 4.77. The van der Waals surface area contributed by atoms with E-state index in [1.165, 1.54) is 11.8 Å². The van der Waals surface area contributed by atoms with Gasteiger partial charge in [-0.3, -0.25) is 9.59 Å². The van der Waals surface area contributed by atoms with Crippen molar-refractivity contribution in [2.45, 2.75) is 89.0 Å². The van der Waals surface area contributed by atoms with Gasteiger partial charge in [0.05, 0.1) is 0 Å². The van der Waals surface area contributed by atoms with Gasteiger partial charge in [0, 0.05) is 31.3 Å². The molecule has 0 bridgehead atoms. The molecular formula is C26H44ClN5O5S. The van der Waals surface area contributed by atoms with E-state index in [1.807, 2.05) is 34.9 Å². The third kappa shape index (κ3) is 10.0. The van der Waals surface area contributed by atoms with Gasteiger partial charge in [-0.25, -0.2) is 4.79 Å². The van der Waals surface area contributed by atoms with Crippen molar-refractivity contribution in [3.05, 3.63) is 5.89 Å². The van der Waals surface area contributed by atoms with Crippen LogP contribution in [0, 0.1) is 11.8 Å². The summed E-state index contributed by atoms with van der Waals surface area (Å²) in [6, 6.07) is -0.767. The van der Waals surface area contributed by atoms with Crippen LogP contribution in [0.25, 0.3) is 0 Å². The summed E-state index contributed by atoms with van der Waals surface area (Å²) in [7, 11) is 3.97. The summed E-state index contributed by atoms with van der Waals surface area (Å²) in [5.74, 6) is 0.0261. The second kappa shape index (κ2) is 15.1. The molecule has 2 heterocycles. The molecule has 10 nitrogen and oxygen atoms in total. The van der Waals surface area contributed by atoms with Crippen molar-refractivity contribution in [1.29, 1.82) is 0 Å². The van der Waals surface area contributed by atoms with E-state index in [-0.39, 0.29) is 47.9 Å². The number of Topliss-reactive ketones (excluding diaryl/α,β-unsaturated/α-hetero) is 1. The van der Waals surface area contributed by atoms with Crippen LogP contribution in [0.2, 0.25) is 0 Å². The topological polar surface area (TPSA) is 118 Å². The predicted molar refractivity (Wildman–Crippen MR) is 149 cm³/mol. The molecule has 216 valence electrons. The Labute approximate surface area is 236 Å². The summed E-state index contributed by atoms with van der Waals surface area (Å²) in [4.78, 5) is 43.1. The molecule has 2 fully saturated rings. The molecule has 1 saturated carbocycles. The Morgan fingerprint density at radius 1 is 1.08 bits per heavy atom. The minimum absolute atomic E-state index is 0. The van der Waals surface area contributed by atoms with Crippen LogP contribution in [-0.4, -0.2) is 88.9 Å². The molecule has 2 aliphatic rings. The number of likely N-dealkylation sites (tertiary alicyclic amines) is 1. The molecule has 1 atom stereocenters. The molecule has 2 amide bonds. The predicted octanol–water partition coefficient (Wildman–Crippen LogP) is 4.43. The maximum atomic E-state index is 13.6. The van der Waals surface area contributed by atoms with Crippen molar-refractivity contribution in [3.8, 4) is 0 Å². The Balaban J connectivity index is 0.00000507. The Morgan fingerprint density at radius 3 is 2.29 bits per heavy atom. The number of rotatable bonds is 9. The first kappa shape index (κ1) is 32.4. The number of nitrogens with one attached hydrogen (secondary N) is 1. The summed E-state index contributed by atoms with van der Waals surface area (Å²) >= 11 is 1.40. The monoisotopic (exact) mass is 573 g/mol. The van der Waals surface area contributed by atoms with Gasteiger partial charge in [-0.1, -0.05) is 37.4 Å². The number of nitrogens with zero attached hydrogens (tertiary/aromatic N) is 4. The molecule has 1 N–H and O–H groups in total. The quantitative estimate of drug-likeness (QED) is 0.260. The fraction of sp³-hybridized carbons (Fsp3) is 0.808. The molecule has 1 unspecified atom stereocenters. The van der Waals surface area contributed by atoms with Gasteiger partial charge in [-0.05, 0) is 66.5 Å². The minimum Gasteiger partial charge on any atom is -0.444 e. The van der Waals surface area contributed by atoms with E-state index in [2.05, 4.69) is 20.4 Å². The van der Waals surface area contributed by atoms with Crippen LogP contribution in [0.3, 0.4) is 0 Å². The van der Waals surface area contributed by atoms with Gasteiger partial charge < -0.3 is 24.3 Å². The molecule has 1 aromatic heterocycles. The number of carbonyl (C=O) groups excluding carboxylic acids is 3. The summed E-state index contributed by atoms with van der Waals surface area (Å²) in [6.45, 7) is 7.27. The number of aromatic nitrogens is 2. The maximum absolute atomic E-state index is 13.6. The highest BCUT2D eigenvalue weighted by atomic mass is 35.5. The molecule has 0 spiro atoms. The van der Waals surface area contributed by atoms with E-state index in [9.17, 15) is 14.4 Å². The van der Waals surface area contributed by atoms with Gasteiger partial charge in [0.2, 0.25) is 11.7 Å². The largest absolute Gasteiger partial charge is 0.444 e. The van der Waals surface area contributed by atoms with E-state index in [0.717, 1.165) is 50.8 Å². The number of amides is 2. The van der Waals surface area contributed by atoms with E-state index in [4.69, 9.17) is 9.15 Å². The number of ketones is 1. The van der Waals surface area contributed by atoms with E-state index < -0.39 is 11.6 Å². The van der Waals surface area contributed by atoms with Crippen molar-refractivity contribution >= 4 is 42.0 Å². The Bertz CT molecular complexity index is 906. The van der Waals surface area contributed by atoms with Crippen LogP contribution in [0.15, 0.2) is 9.64 Å². The SMILES string of the molecule is CN(C)CCSc1nnc(C(=O)C(NC(=O)C2CCCCCC2)C2CCN(C(=O)OC(C)(C)C)CC2)o1.Cl. The molecule has 1 aliphatic heterocycles. The highest BCUT2D eigenvalue weighted by Gasteiger charge is 2.38. The lowest BCUT2D eigenvalue weighted by atomic mass is 9.86. The fourth-order valence-corrected chi connectivity index (χ4v) is 5.64. The van der Waals surface area contributed by atoms with Gasteiger partial charge in [0.25, 0.3) is 11.1 Å². The highest BCUT2D eigenvalue weighted by Crippen LogP contribution is 2.28.